The fraction of sp³-hybridized carbons (Fsp3) is 0.529. The molecule has 1 heterocycles. The fourth-order valence-corrected chi connectivity index (χ4v) is 5.15. The van der Waals surface area contributed by atoms with Crippen molar-refractivity contribution in [2.24, 2.45) is 17.8 Å². The van der Waals surface area contributed by atoms with Gasteiger partial charge in [0.15, 0.2) is 0 Å². The Kier molecular flexibility index (Phi) is 12.9. The smallest absolute Gasteiger partial charge is 0.113 e. The molecule has 1 aliphatic heterocycles. The van der Waals surface area contributed by atoms with Crippen molar-refractivity contribution in [3.05, 3.63) is 96.1 Å². The van der Waals surface area contributed by atoms with E-state index in [1.807, 2.05) is 61.5 Å². The molecular formula is C34H48O5. The molecule has 0 saturated carbocycles. The monoisotopic (exact) mass is 536 g/mol. The predicted molar refractivity (Wildman–Crippen MR) is 157 cm³/mol. The highest BCUT2D eigenvalue weighted by Gasteiger charge is 2.40. The normalized spacial score (nSPS) is 21.7. The molecule has 8 atom stereocenters. The van der Waals surface area contributed by atoms with Gasteiger partial charge in [-0.15, -0.1) is 0 Å². The van der Waals surface area contributed by atoms with E-state index >= 15 is 0 Å². The summed E-state index contributed by atoms with van der Waals surface area (Å²) in [5.41, 5.74) is 3.23. The van der Waals surface area contributed by atoms with Crippen LogP contribution in [0.15, 0.2) is 85.0 Å². The molecule has 214 valence electrons. The molecule has 2 aromatic carbocycles. The molecule has 0 spiro atoms. The lowest BCUT2D eigenvalue weighted by Gasteiger charge is -2.28. The van der Waals surface area contributed by atoms with Crippen LogP contribution in [0.3, 0.4) is 0 Å². The number of allylic oxidation sites excluding steroid dienone is 1. The molecule has 0 bridgehead atoms. The van der Waals surface area contributed by atoms with Crippen molar-refractivity contribution in [1.82, 2.24) is 0 Å². The zero-order chi connectivity index (χ0) is 28.2. The van der Waals surface area contributed by atoms with Crippen molar-refractivity contribution in [3.8, 4) is 0 Å². The maximum absolute atomic E-state index is 11.1. The molecule has 5 nitrogen and oxygen atoms in total. The number of epoxide rings is 1. The average Bonchev–Trinajstić information content (AvgIpc) is 3.68. The van der Waals surface area contributed by atoms with Gasteiger partial charge in [-0.1, -0.05) is 100 Å². The summed E-state index contributed by atoms with van der Waals surface area (Å²) < 4.78 is 17.7. The third-order valence-electron chi connectivity index (χ3n) is 7.27. The van der Waals surface area contributed by atoms with Gasteiger partial charge in [0, 0.05) is 6.61 Å². The van der Waals surface area contributed by atoms with Gasteiger partial charge in [0.1, 0.15) is 18.3 Å². The molecule has 0 unspecified atom stereocenters. The van der Waals surface area contributed by atoms with Gasteiger partial charge >= 0.3 is 0 Å². The number of aliphatic hydroxyl groups is 2. The lowest BCUT2D eigenvalue weighted by molar-refractivity contribution is -0.0984. The maximum Gasteiger partial charge on any atom is 0.113 e. The van der Waals surface area contributed by atoms with Crippen LogP contribution in [0.25, 0.3) is 0 Å². The summed E-state index contributed by atoms with van der Waals surface area (Å²) in [5.74, 6) is 0.866. The van der Waals surface area contributed by atoms with E-state index < -0.39 is 18.3 Å². The minimum Gasteiger partial charge on any atom is -0.390 e. The van der Waals surface area contributed by atoms with Crippen LogP contribution >= 0.6 is 0 Å². The average molecular weight is 537 g/mol. The predicted octanol–water partition coefficient (Wildman–Crippen LogP) is 6.49. The summed E-state index contributed by atoms with van der Waals surface area (Å²) in [6, 6.07) is 20.1. The minimum atomic E-state index is -0.914. The maximum atomic E-state index is 11.1. The van der Waals surface area contributed by atoms with Crippen molar-refractivity contribution < 1.29 is 24.4 Å². The van der Waals surface area contributed by atoms with Gasteiger partial charge in [0.25, 0.3) is 0 Å². The Hall–Kier alpha value is -2.28. The van der Waals surface area contributed by atoms with Gasteiger partial charge in [0.05, 0.1) is 25.4 Å². The second-order valence-corrected chi connectivity index (χ2v) is 11.5. The van der Waals surface area contributed by atoms with Gasteiger partial charge in [-0.25, -0.2) is 0 Å². The summed E-state index contributed by atoms with van der Waals surface area (Å²) >= 11 is 0. The molecule has 39 heavy (non-hydrogen) atoms. The molecule has 2 N–H and O–H groups in total. The highest BCUT2D eigenvalue weighted by molar-refractivity contribution is 5.14. The highest BCUT2D eigenvalue weighted by Crippen LogP contribution is 2.34. The largest absolute Gasteiger partial charge is 0.390 e. The third-order valence-corrected chi connectivity index (χ3v) is 7.27. The second kappa shape index (κ2) is 16.1. The van der Waals surface area contributed by atoms with Gasteiger partial charge < -0.3 is 24.4 Å². The van der Waals surface area contributed by atoms with Gasteiger partial charge in [-0.3, -0.25) is 0 Å². The van der Waals surface area contributed by atoms with Crippen molar-refractivity contribution >= 4 is 0 Å². The Bertz CT molecular complexity index is 991. The van der Waals surface area contributed by atoms with Crippen molar-refractivity contribution in [2.75, 3.05) is 6.61 Å². The number of hydrogen-bond donors (Lipinski definition) is 2. The molecule has 0 aliphatic carbocycles. The lowest BCUT2D eigenvalue weighted by atomic mass is 9.92. The van der Waals surface area contributed by atoms with E-state index in [1.165, 1.54) is 5.56 Å². The van der Waals surface area contributed by atoms with Crippen LogP contribution in [0.5, 0.6) is 0 Å². The van der Waals surface area contributed by atoms with E-state index in [-0.39, 0.29) is 24.0 Å². The van der Waals surface area contributed by atoms with Crippen LogP contribution in [0, 0.1) is 17.8 Å². The van der Waals surface area contributed by atoms with Gasteiger partial charge in [0.2, 0.25) is 0 Å². The Morgan fingerprint density at radius 1 is 0.897 bits per heavy atom. The Morgan fingerprint density at radius 2 is 1.51 bits per heavy atom. The van der Waals surface area contributed by atoms with Gasteiger partial charge in [-0.2, -0.15) is 0 Å². The van der Waals surface area contributed by atoms with E-state index in [4.69, 9.17) is 14.2 Å². The first-order valence-electron chi connectivity index (χ1n) is 14.4. The van der Waals surface area contributed by atoms with Crippen LogP contribution in [0.4, 0.5) is 0 Å². The van der Waals surface area contributed by atoms with E-state index in [0.717, 1.165) is 24.0 Å². The molecule has 1 aliphatic rings. The van der Waals surface area contributed by atoms with Crippen LogP contribution in [0.2, 0.25) is 0 Å². The molecule has 1 fully saturated rings. The van der Waals surface area contributed by atoms with Crippen LogP contribution in [-0.4, -0.2) is 47.3 Å². The quantitative estimate of drug-likeness (QED) is 0.168. The van der Waals surface area contributed by atoms with E-state index in [0.29, 0.717) is 32.2 Å². The first-order valence-corrected chi connectivity index (χ1v) is 14.4. The molecule has 0 radical (unpaired) electrons. The SMILES string of the molecule is C=C(C)[C@@H]1O[C@@H]1C[C@H](C)C[C@@H](O)[C@@H](OCc1ccccc1)[C@H](O)/C=C/[C@@H](C)C[C@@H](C)COCc1ccccc1. The number of rotatable bonds is 18. The van der Waals surface area contributed by atoms with Crippen LogP contribution < -0.4 is 0 Å². The molecule has 3 rings (SSSR count). The summed E-state index contributed by atoms with van der Waals surface area (Å²) in [5, 5.41) is 22.2. The topological polar surface area (TPSA) is 71.5 Å². The van der Waals surface area contributed by atoms with Crippen LogP contribution in [-0.2, 0) is 27.4 Å². The molecule has 2 aromatic rings. The minimum absolute atomic E-state index is 0.135. The molecule has 0 amide bonds. The Labute approximate surface area is 235 Å². The van der Waals surface area contributed by atoms with Crippen LogP contribution in [0.1, 0.15) is 58.1 Å². The van der Waals surface area contributed by atoms with Crippen molar-refractivity contribution in [2.45, 2.75) is 90.7 Å². The zero-order valence-electron chi connectivity index (χ0n) is 24.1. The lowest BCUT2D eigenvalue weighted by Crippen LogP contribution is -2.40. The highest BCUT2D eigenvalue weighted by atomic mass is 16.6. The zero-order valence-corrected chi connectivity index (χ0v) is 24.1. The standard InChI is InChI=1S/C34H48O5/c1-24(2)33-32(39-33)20-26(4)19-31(36)34(38-23-29-14-10-7-11-15-29)30(35)17-16-25(3)18-27(5)21-37-22-28-12-8-6-9-13-28/h6-17,25-27,30-36H,1,18-23H2,2-5H3/b17-16+/t25-,26-,27-,30-,31-,32-,33+,34+/m1/s1. The van der Waals surface area contributed by atoms with Gasteiger partial charge in [-0.05, 0) is 60.6 Å². The van der Waals surface area contributed by atoms with E-state index in [2.05, 4.69) is 39.5 Å². The number of hydrogen-bond acceptors (Lipinski definition) is 5. The Balaban J connectivity index is 1.50. The molecule has 1 saturated heterocycles. The summed E-state index contributed by atoms with van der Waals surface area (Å²) in [7, 11) is 0. The van der Waals surface area contributed by atoms with Crippen molar-refractivity contribution in [1.29, 1.82) is 0 Å². The molecule has 5 heteroatoms. The Morgan fingerprint density at radius 3 is 2.10 bits per heavy atom. The third kappa shape index (κ3) is 11.4. The fourth-order valence-electron chi connectivity index (χ4n) is 5.15. The second-order valence-electron chi connectivity index (χ2n) is 11.5. The summed E-state index contributed by atoms with van der Waals surface area (Å²) in [6.07, 6.45) is 4.02. The van der Waals surface area contributed by atoms with Crippen molar-refractivity contribution in [3.63, 3.8) is 0 Å². The summed E-state index contributed by atoms with van der Waals surface area (Å²) in [6.45, 7) is 14.0. The number of benzene rings is 2. The number of aliphatic hydroxyl groups excluding tert-OH is 2. The molecular weight excluding hydrogens is 488 g/mol. The van der Waals surface area contributed by atoms with E-state index in [9.17, 15) is 10.2 Å². The van der Waals surface area contributed by atoms with E-state index in [1.54, 1.807) is 6.08 Å². The first-order chi connectivity index (χ1) is 18.7. The first kappa shape index (κ1) is 31.3. The summed E-state index contributed by atoms with van der Waals surface area (Å²) in [4.78, 5) is 0. The number of ether oxygens (including phenoxy) is 3. The molecule has 0 aromatic heterocycles.